The van der Waals surface area contributed by atoms with Crippen LogP contribution in [0, 0.1) is 11.6 Å². The summed E-state index contributed by atoms with van der Waals surface area (Å²) in [6.45, 7) is -0.0779. The van der Waals surface area contributed by atoms with Gasteiger partial charge in [-0.1, -0.05) is 18.2 Å². The van der Waals surface area contributed by atoms with Crippen molar-refractivity contribution in [3.05, 3.63) is 106 Å². The van der Waals surface area contributed by atoms with Crippen LogP contribution >= 0.6 is 0 Å². The minimum atomic E-state index is -1.11. The number of benzene rings is 3. The van der Waals surface area contributed by atoms with Crippen LogP contribution in [0.15, 0.2) is 77.7 Å². The number of para-hydroxylation sites is 1. The van der Waals surface area contributed by atoms with Crippen molar-refractivity contribution in [1.29, 1.82) is 0 Å². The van der Waals surface area contributed by atoms with Gasteiger partial charge < -0.3 is 14.6 Å². The molecule has 31 heavy (non-hydrogen) atoms. The highest BCUT2D eigenvalue weighted by molar-refractivity contribution is 5.94. The molecular weight excluding hydrogens is 402 g/mol. The minimum Gasteiger partial charge on any atom is -0.497 e. The van der Waals surface area contributed by atoms with E-state index in [2.05, 4.69) is 5.32 Å². The van der Waals surface area contributed by atoms with Crippen molar-refractivity contribution < 1.29 is 18.3 Å². The maximum atomic E-state index is 13.4. The molecule has 0 saturated heterocycles. The number of halogens is 2. The number of hydrogen-bond acceptors (Lipinski definition) is 3. The molecule has 0 spiro atoms. The molecule has 0 bridgehead atoms. The smallest absolute Gasteiger partial charge is 0.251 e. The summed E-state index contributed by atoms with van der Waals surface area (Å²) < 4.78 is 33.7. The van der Waals surface area contributed by atoms with Gasteiger partial charge in [0.1, 0.15) is 5.75 Å². The Kier molecular flexibility index (Phi) is 5.49. The Morgan fingerprint density at radius 1 is 1.00 bits per heavy atom. The third-order valence-corrected chi connectivity index (χ3v) is 4.94. The fourth-order valence-electron chi connectivity index (χ4n) is 3.33. The first-order chi connectivity index (χ1) is 15.0. The molecule has 0 aliphatic rings. The third-order valence-electron chi connectivity index (χ3n) is 4.94. The Balaban J connectivity index is 1.74. The quantitative estimate of drug-likeness (QED) is 0.526. The van der Waals surface area contributed by atoms with Gasteiger partial charge in [-0.15, -0.1) is 0 Å². The van der Waals surface area contributed by atoms with Gasteiger partial charge in [0.15, 0.2) is 17.1 Å². The fourth-order valence-corrected chi connectivity index (χ4v) is 3.33. The first-order valence-corrected chi connectivity index (χ1v) is 9.49. The van der Waals surface area contributed by atoms with E-state index < -0.39 is 17.5 Å². The number of methoxy groups -OCH3 is 1. The number of fused-ring (bicyclic) bond motifs is 1. The van der Waals surface area contributed by atoms with Gasteiger partial charge in [-0.3, -0.25) is 9.59 Å². The molecule has 0 radical (unpaired) electrons. The van der Waals surface area contributed by atoms with Crippen molar-refractivity contribution in [3.63, 3.8) is 0 Å². The van der Waals surface area contributed by atoms with Gasteiger partial charge in [-0.25, -0.2) is 8.78 Å². The summed E-state index contributed by atoms with van der Waals surface area (Å²) in [5.74, 6) is -2.15. The normalized spacial score (nSPS) is 10.8. The number of aromatic nitrogens is 1. The number of rotatable bonds is 5. The molecule has 0 aliphatic heterocycles. The van der Waals surface area contributed by atoms with Crippen LogP contribution in [-0.2, 0) is 6.54 Å². The molecule has 1 heterocycles. The van der Waals surface area contributed by atoms with Crippen LogP contribution in [-0.4, -0.2) is 17.6 Å². The summed E-state index contributed by atoms with van der Waals surface area (Å²) in [7, 11) is 1.55. The van der Waals surface area contributed by atoms with Crippen LogP contribution in [0.5, 0.6) is 5.75 Å². The molecular formula is C24H18F2N2O3. The highest BCUT2D eigenvalue weighted by atomic mass is 19.2. The molecule has 3 aromatic carbocycles. The fraction of sp³-hybridized carbons (Fsp3) is 0.0833. The molecule has 7 heteroatoms. The second-order valence-corrected chi connectivity index (χ2v) is 6.88. The van der Waals surface area contributed by atoms with Gasteiger partial charge in [0.2, 0.25) is 0 Å². The molecule has 0 unspecified atom stereocenters. The molecule has 1 amide bonds. The molecule has 0 fully saturated rings. The van der Waals surface area contributed by atoms with E-state index >= 15 is 0 Å². The lowest BCUT2D eigenvalue weighted by Gasteiger charge is -2.15. The summed E-state index contributed by atoms with van der Waals surface area (Å²) in [5.41, 5.74) is 1.56. The summed E-state index contributed by atoms with van der Waals surface area (Å²) in [5, 5.41) is 3.06. The summed E-state index contributed by atoms with van der Waals surface area (Å²) >= 11 is 0. The number of nitrogens with one attached hydrogen (secondary N) is 1. The van der Waals surface area contributed by atoms with Gasteiger partial charge in [0, 0.05) is 41.0 Å². The lowest BCUT2D eigenvalue weighted by Crippen LogP contribution is -2.27. The van der Waals surface area contributed by atoms with E-state index in [0.717, 1.165) is 17.8 Å². The number of carbonyl (C=O) groups is 1. The Labute approximate surface area is 176 Å². The van der Waals surface area contributed by atoms with Gasteiger partial charge in [-0.2, -0.15) is 0 Å². The molecule has 0 saturated carbocycles. The molecule has 0 aliphatic carbocycles. The van der Waals surface area contributed by atoms with Crippen LogP contribution < -0.4 is 15.5 Å². The van der Waals surface area contributed by atoms with Gasteiger partial charge in [0.05, 0.1) is 12.6 Å². The average Bonchev–Trinajstić information content (AvgIpc) is 2.80. The van der Waals surface area contributed by atoms with E-state index in [0.29, 0.717) is 22.2 Å². The van der Waals surface area contributed by atoms with Gasteiger partial charge in [0.25, 0.3) is 5.91 Å². The second kappa shape index (κ2) is 8.39. The Morgan fingerprint density at radius 3 is 2.48 bits per heavy atom. The lowest BCUT2D eigenvalue weighted by atomic mass is 10.1. The van der Waals surface area contributed by atoms with Crippen LogP contribution in [0.2, 0.25) is 0 Å². The van der Waals surface area contributed by atoms with E-state index in [1.54, 1.807) is 31.5 Å². The van der Waals surface area contributed by atoms with Crippen molar-refractivity contribution >= 4 is 16.8 Å². The lowest BCUT2D eigenvalue weighted by molar-refractivity contribution is 0.0950. The number of nitrogens with zero attached hydrogens (tertiary/aromatic N) is 1. The maximum Gasteiger partial charge on any atom is 0.251 e. The maximum absolute atomic E-state index is 13.4. The molecule has 5 nitrogen and oxygen atoms in total. The predicted molar refractivity (Wildman–Crippen MR) is 114 cm³/mol. The number of ether oxygens (including phenoxy) is 1. The van der Waals surface area contributed by atoms with Crippen molar-refractivity contribution in [3.8, 4) is 11.4 Å². The van der Waals surface area contributed by atoms with E-state index in [4.69, 9.17) is 4.74 Å². The van der Waals surface area contributed by atoms with Crippen LogP contribution in [0.3, 0.4) is 0 Å². The number of carbonyl (C=O) groups excluding carboxylic acids is 1. The van der Waals surface area contributed by atoms with Crippen LogP contribution in [0.4, 0.5) is 8.78 Å². The van der Waals surface area contributed by atoms with Crippen molar-refractivity contribution in [2.24, 2.45) is 0 Å². The van der Waals surface area contributed by atoms with E-state index in [-0.39, 0.29) is 17.5 Å². The Hall–Kier alpha value is -4.00. The summed E-state index contributed by atoms with van der Waals surface area (Å²) in [6.07, 6.45) is 1.66. The minimum absolute atomic E-state index is 0.0344. The standard InChI is InChI=1S/C24H18F2N2O3/c1-31-18-8-9-19-22(12-18)28(17-5-3-2-4-6-17)14-16(23(19)29)13-27-24(30)15-7-10-20(25)21(26)11-15/h2-12,14H,13H2,1H3,(H,27,30). The molecule has 1 N–H and O–H groups in total. The zero-order valence-corrected chi connectivity index (χ0v) is 16.6. The van der Waals surface area contributed by atoms with E-state index in [1.165, 1.54) is 6.07 Å². The summed E-state index contributed by atoms with van der Waals surface area (Å²) in [4.78, 5) is 25.4. The Bertz CT molecular complexity index is 1330. The third kappa shape index (κ3) is 4.02. The topological polar surface area (TPSA) is 60.3 Å². The monoisotopic (exact) mass is 420 g/mol. The number of hydrogen-bond donors (Lipinski definition) is 1. The van der Waals surface area contributed by atoms with Gasteiger partial charge in [-0.05, 0) is 42.5 Å². The zero-order chi connectivity index (χ0) is 22.0. The van der Waals surface area contributed by atoms with E-state index in [1.807, 2.05) is 34.9 Å². The van der Waals surface area contributed by atoms with E-state index in [9.17, 15) is 18.4 Å². The van der Waals surface area contributed by atoms with Crippen LogP contribution in [0.1, 0.15) is 15.9 Å². The highest BCUT2D eigenvalue weighted by Gasteiger charge is 2.14. The number of pyridine rings is 1. The SMILES string of the molecule is COc1ccc2c(=O)c(CNC(=O)c3ccc(F)c(F)c3)cn(-c3ccccc3)c2c1. The van der Waals surface area contributed by atoms with Crippen molar-refractivity contribution in [1.82, 2.24) is 9.88 Å². The second-order valence-electron chi connectivity index (χ2n) is 6.88. The molecule has 156 valence electrons. The number of amides is 1. The van der Waals surface area contributed by atoms with Crippen molar-refractivity contribution in [2.75, 3.05) is 7.11 Å². The first kappa shape index (κ1) is 20.3. The first-order valence-electron chi connectivity index (χ1n) is 9.49. The predicted octanol–water partition coefficient (Wildman–Crippen LogP) is 4.21. The molecule has 4 aromatic rings. The molecule has 4 rings (SSSR count). The Morgan fingerprint density at radius 2 is 1.77 bits per heavy atom. The summed E-state index contributed by atoms with van der Waals surface area (Å²) in [6, 6.07) is 17.5. The van der Waals surface area contributed by atoms with Crippen molar-refractivity contribution in [2.45, 2.75) is 6.54 Å². The average molecular weight is 420 g/mol. The van der Waals surface area contributed by atoms with Gasteiger partial charge >= 0.3 is 0 Å². The van der Waals surface area contributed by atoms with Crippen LogP contribution in [0.25, 0.3) is 16.6 Å². The largest absolute Gasteiger partial charge is 0.497 e. The molecule has 0 atom stereocenters. The molecule has 1 aromatic heterocycles. The highest BCUT2D eigenvalue weighted by Crippen LogP contribution is 2.22. The zero-order valence-electron chi connectivity index (χ0n) is 16.6.